The van der Waals surface area contributed by atoms with Gasteiger partial charge in [-0.05, 0) is 43.0 Å². The fourth-order valence-electron chi connectivity index (χ4n) is 2.29. The Hall–Kier alpha value is -0.730. The average Bonchev–Trinajstić information content (AvgIpc) is 2.31. The van der Waals surface area contributed by atoms with Crippen molar-refractivity contribution >= 4 is 11.6 Å². The molecule has 0 aromatic heterocycles. The first kappa shape index (κ1) is 13.7. The predicted octanol–water partition coefficient (Wildman–Crippen LogP) is 3.77. The van der Waals surface area contributed by atoms with Gasteiger partial charge in [-0.25, -0.2) is 0 Å². The van der Waals surface area contributed by atoms with Gasteiger partial charge in [-0.2, -0.15) is 0 Å². The van der Waals surface area contributed by atoms with Crippen LogP contribution in [0, 0.1) is 0 Å². The van der Waals surface area contributed by atoms with Crippen molar-refractivity contribution in [3.63, 3.8) is 0 Å². The van der Waals surface area contributed by atoms with Gasteiger partial charge < -0.3 is 10.1 Å². The Labute approximate surface area is 115 Å². The second-order valence-corrected chi connectivity index (χ2v) is 6.41. The quantitative estimate of drug-likeness (QED) is 0.881. The van der Waals surface area contributed by atoms with Gasteiger partial charge in [0.05, 0.1) is 0 Å². The molecular formula is C15H22ClNO. The summed E-state index contributed by atoms with van der Waals surface area (Å²) < 4.78 is 6.15. The molecule has 1 aromatic rings. The number of ether oxygens (including phenoxy) is 1. The van der Waals surface area contributed by atoms with E-state index in [9.17, 15) is 0 Å². The van der Waals surface area contributed by atoms with Crippen LogP contribution >= 0.6 is 11.6 Å². The lowest BCUT2D eigenvalue weighted by Crippen LogP contribution is -2.37. The average molecular weight is 268 g/mol. The summed E-state index contributed by atoms with van der Waals surface area (Å²) in [5.74, 6) is 0.973. The third-order valence-corrected chi connectivity index (χ3v) is 3.53. The first-order chi connectivity index (χ1) is 8.47. The molecule has 2 nitrogen and oxygen atoms in total. The number of rotatable bonds is 2. The van der Waals surface area contributed by atoms with E-state index in [1.54, 1.807) is 0 Å². The van der Waals surface area contributed by atoms with Crippen molar-refractivity contribution in [1.82, 2.24) is 5.32 Å². The molecule has 18 heavy (non-hydrogen) atoms. The molecule has 100 valence electrons. The fraction of sp³-hybridized carbons (Fsp3) is 0.600. The minimum atomic E-state index is 0.0440. The summed E-state index contributed by atoms with van der Waals surface area (Å²) in [6, 6.07) is 5.92. The van der Waals surface area contributed by atoms with Gasteiger partial charge >= 0.3 is 0 Å². The van der Waals surface area contributed by atoms with Gasteiger partial charge in [0.1, 0.15) is 11.9 Å². The summed E-state index contributed by atoms with van der Waals surface area (Å²) in [4.78, 5) is 0. The molecule has 1 fully saturated rings. The van der Waals surface area contributed by atoms with Crippen LogP contribution in [0.1, 0.15) is 39.2 Å². The van der Waals surface area contributed by atoms with Crippen molar-refractivity contribution in [2.24, 2.45) is 0 Å². The molecule has 1 N–H and O–H groups in total. The van der Waals surface area contributed by atoms with Gasteiger partial charge in [0.15, 0.2) is 0 Å². The Morgan fingerprint density at radius 1 is 1.33 bits per heavy atom. The van der Waals surface area contributed by atoms with Gasteiger partial charge in [-0.15, -0.1) is 0 Å². The van der Waals surface area contributed by atoms with Gasteiger partial charge in [-0.1, -0.05) is 32.4 Å². The molecule has 1 atom stereocenters. The van der Waals surface area contributed by atoms with E-state index in [0.717, 1.165) is 30.3 Å². The molecule has 1 aromatic carbocycles. The summed E-state index contributed by atoms with van der Waals surface area (Å²) in [6.45, 7) is 8.60. The smallest absolute Gasteiger partial charge is 0.123 e. The number of benzene rings is 1. The van der Waals surface area contributed by atoms with E-state index in [0.29, 0.717) is 0 Å². The van der Waals surface area contributed by atoms with E-state index in [-0.39, 0.29) is 11.5 Å². The van der Waals surface area contributed by atoms with Gasteiger partial charge in [0.2, 0.25) is 0 Å². The molecule has 1 aliphatic rings. The van der Waals surface area contributed by atoms with E-state index in [1.807, 2.05) is 18.2 Å². The highest BCUT2D eigenvalue weighted by Crippen LogP contribution is 2.34. The van der Waals surface area contributed by atoms with E-state index in [4.69, 9.17) is 16.3 Å². The van der Waals surface area contributed by atoms with E-state index in [1.165, 1.54) is 12.0 Å². The molecule has 1 saturated heterocycles. The number of hydrogen-bond acceptors (Lipinski definition) is 2. The molecule has 0 radical (unpaired) electrons. The standard InChI is InChI=1S/C15H22ClNO/c1-15(2,3)13-9-11(16)6-7-14(13)18-12-5-4-8-17-10-12/h6-7,9,12,17H,4-5,8,10H2,1-3H3. The summed E-state index contributed by atoms with van der Waals surface area (Å²) in [5.41, 5.74) is 1.23. The van der Waals surface area contributed by atoms with Crippen LogP contribution in [0.15, 0.2) is 18.2 Å². The van der Waals surface area contributed by atoms with Crippen LogP contribution in [0.25, 0.3) is 0 Å². The number of halogens is 1. The van der Waals surface area contributed by atoms with Gasteiger partial charge in [-0.3, -0.25) is 0 Å². The molecular weight excluding hydrogens is 246 g/mol. The van der Waals surface area contributed by atoms with Crippen LogP contribution in [0.4, 0.5) is 0 Å². The first-order valence-electron chi connectivity index (χ1n) is 6.64. The minimum Gasteiger partial charge on any atom is -0.489 e. The summed E-state index contributed by atoms with van der Waals surface area (Å²) in [7, 11) is 0. The largest absolute Gasteiger partial charge is 0.489 e. The highest BCUT2D eigenvalue weighted by molar-refractivity contribution is 6.30. The zero-order valence-electron chi connectivity index (χ0n) is 11.4. The molecule has 0 spiro atoms. The summed E-state index contributed by atoms with van der Waals surface area (Å²) >= 11 is 6.10. The molecule has 3 heteroatoms. The molecule has 0 amide bonds. The lowest BCUT2D eigenvalue weighted by molar-refractivity contribution is 0.164. The zero-order chi connectivity index (χ0) is 13.2. The number of piperidine rings is 1. The van der Waals surface area contributed by atoms with Crippen LogP contribution < -0.4 is 10.1 Å². The SMILES string of the molecule is CC(C)(C)c1cc(Cl)ccc1OC1CCCNC1. The third kappa shape index (κ3) is 3.39. The maximum atomic E-state index is 6.15. The van der Waals surface area contributed by atoms with Crippen molar-refractivity contribution in [3.8, 4) is 5.75 Å². The first-order valence-corrected chi connectivity index (χ1v) is 7.02. The van der Waals surface area contributed by atoms with Crippen molar-refractivity contribution in [2.45, 2.75) is 45.1 Å². The van der Waals surface area contributed by atoms with Crippen molar-refractivity contribution in [3.05, 3.63) is 28.8 Å². The second kappa shape index (κ2) is 5.50. The van der Waals surface area contributed by atoms with Crippen LogP contribution in [-0.4, -0.2) is 19.2 Å². The molecule has 1 heterocycles. The summed E-state index contributed by atoms with van der Waals surface area (Å²) in [6.07, 6.45) is 2.59. The molecule has 0 aliphatic carbocycles. The normalized spacial score (nSPS) is 20.8. The zero-order valence-corrected chi connectivity index (χ0v) is 12.2. The van der Waals surface area contributed by atoms with Crippen LogP contribution in [0.2, 0.25) is 5.02 Å². The Morgan fingerprint density at radius 3 is 2.72 bits per heavy atom. The Kier molecular flexibility index (Phi) is 4.18. The maximum absolute atomic E-state index is 6.15. The van der Waals surface area contributed by atoms with Crippen molar-refractivity contribution in [1.29, 1.82) is 0 Å². The van der Waals surface area contributed by atoms with E-state index < -0.39 is 0 Å². The van der Waals surface area contributed by atoms with Gasteiger partial charge in [0, 0.05) is 17.1 Å². The van der Waals surface area contributed by atoms with Crippen LogP contribution in [0.5, 0.6) is 5.75 Å². The fourth-order valence-corrected chi connectivity index (χ4v) is 2.46. The molecule has 1 aliphatic heterocycles. The molecule has 1 unspecified atom stereocenters. The minimum absolute atomic E-state index is 0.0440. The van der Waals surface area contributed by atoms with Crippen molar-refractivity contribution < 1.29 is 4.74 Å². The molecule has 0 saturated carbocycles. The summed E-state index contributed by atoms with van der Waals surface area (Å²) in [5, 5.41) is 4.15. The van der Waals surface area contributed by atoms with Gasteiger partial charge in [0.25, 0.3) is 0 Å². The predicted molar refractivity (Wildman–Crippen MR) is 76.7 cm³/mol. The Balaban J connectivity index is 2.21. The van der Waals surface area contributed by atoms with E-state index >= 15 is 0 Å². The third-order valence-electron chi connectivity index (χ3n) is 3.29. The lowest BCUT2D eigenvalue weighted by atomic mass is 9.86. The Morgan fingerprint density at radius 2 is 2.11 bits per heavy atom. The second-order valence-electron chi connectivity index (χ2n) is 5.98. The number of nitrogens with one attached hydrogen (secondary N) is 1. The van der Waals surface area contributed by atoms with Crippen molar-refractivity contribution in [2.75, 3.05) is 13.1 Å². The topological polar surface area (TPSA) is 21.3 Å². The monoisotopic (exact) mass is 267 g/mol. The maximum Gasteiger partial charge on any atom is 0.123 e. The molecule has 0 bridgehead atoms. The number of hydrogen-bond donors (Lipinski definition) is 1. The molecule has 2 rings (SSSR count). The lowest BCUT2D eigenvalue weighted by Gasteiger charge is -2.28. The highest BCUT2D eigenvalue weighted by Gasteiger charge is 2.22. The van der Waals surface area contributed by atoms with Crippen LogP contribution in [-0.2, 0) is 5.41 Å². The van der Waals surface area contributed by atoms with E-state index in [2.05, 4.69) is 26.1 Å². The van der Waals surface area contributed by atoms with Crippen LogP contribution in [0.3, 0.4) is 0 Å². The highest BCUT2D eigenvalue weighted by atomic mass is 35.5. The Bertz CT molecular complexity index is 405.